The van der Waals surface area contributed by atoms with E-state index in [9.17, 15) is 14.0 Å². The van der Waals surface area contributed by atoms with Crippen molar-refractivity contribution < 1.29 is 23.1 Å². The molecule has 0 saturated heterocycles. The highest BCUT2D eigenvalue weighted by Gasteiger charge is 2.23. The Kier molecular flexibility index (Phi) is 9.86. The van der Waals surface area contributed by atoms with E-state index >= 15 is 0 Å². The number of halogens is 1. The third kappa shape index (κ3) is 7.83. The van der Waals surface area contributed by atoms with Gasteiger partial charge in [-0.1, -0.05) is 31.6 Å². The monoisotopic (exact) mass is 492 g/mol. The molecule has 36 heavy (non-hydrogen) atoms. The number of benzene rings is 2. The minimum absolute atomic E-state index is 0.138. The lowest BCUT2D eigenvalue weighted by Crippen LogP contribution is -2.42. The van der Waals surface area contributed by atoms with Crippen LogP contribution < -0.4 is 4.74 Å². The lowest BCUT2D eigenvalue weighted by molar-refractivity contribution is -0.133. The van der Waals surface area contributed by atoms with E-state index in [1.807, 2.05) is 19.1 Å². The van der Waals surface area contributed by atoms with Crippen molar-refractivity contribution >= 4 is 11.8 Å². The van der Waals surface area contributed by atoms with Gasteiger partial charge in [0.1, 0.15) is 29.6 Å². The fourth-order valence-electron chi connectivity index (χ4n) is 3.65. The van der Waals surface area contributed by atoms with Crippen molar-refractivity contribution in [1.82, 2.24) is 9.80 Å². The normalized spacial score (nSPS) is 10.6. The van der Waals surface area contributed by atoms with Crippen molar-refractivity contribution in [3.63, 3.8) is 0 Å². The Morgan fingerprint density at radius 2 is 1.72 bits per heavy atom. The fourth-order valence-corrected chi connectivity index (χ4v) is 3.65. The molecule has 0 aliphatic carbocycles. The molecule has 0 spiro atoms. The molecule has 3 aromatic rings. The van der Waals surface area contributed by atoms with Crippen LogP contribution >= 0.6 is 0 Å². The molecule has 2 amide bonds. The predicted octanol–water partition coefficient (Wildman–Crippen LogP) is 5.76. The summed E-state index contributed by atoms with van der Waals surface area (Å²) in [5.74, 6) is 1.18. The summed E-state index contributed by atoms with van der Waals surface area (Å²) in [4.78, 5) is 29.7. The molecule has 3 rings (SSSR count). The number of carbonyl (C=O) groups excluding carboxylic acids is 2. The number of aryl methyl sites for hydroxylation is 1. The van der Waals surface area contributed by atoms with E-state index in [2.05, 4.69) is 13.5 Å². The van der Waals surface area contributed by atoms with E-state index in [0.29, 0.717) is 23.7 Å². The Labute approximate surface area is 212 Å². The fraction of sp³-hybridized carbons (Fsp3) is 0.310. The number of hydrogen-bond acceptors (Lipinski definition) is 4. The standard InChI is InChI=1S/C29H33FN2O4/c1-4-6-18-35-26-15-10-24(11-16-26)29(34)31(17-5-2)21-28(33)32(20-27-14-7-22(3)36-27)19-23-8-12-25(30)13-9-23/h5,7-16H,2,4,6,17-21H2,1,3H3. The quantitative estimate of drug-likeness (QED) is 0.225. The molecule has 0 fully saturated rings. The van der Waals surface area contributed by atoms with Crippen LogP contribution in [0.25, 0.3) is 0 Å². The van der Waals surface area contributed by atoms with Crippen LogP contribution in [0.5, 0.6) is 5.75 Å². The zero-order chi connectivity index (χ0) is 25.9. The second-order valence-electron chi connectivity index (χ2n) is 8.59. The maximum atomic E-state index is 13.4. The largest absolute Gasteiger partial charge is 0.494 e. The minimum Gasteiger partial charge on any atom is -0.494 e. The number of unbranched alkanes of at least 4 members (excludes halogenated alkanes) is 1. The lowest BCUT2D eigenvalue weighted by Gasteiger charge is -2.27. The summed E-state index contributed by atoms with van der Waals surface area (Å²) >= 11 is 0. The van der Waals surface area contributed by atoms with Gasteiger partial charge < -0.3 is 19.0 Å². The summed E-state index contributed by atoms with van der Waals surface area (Å²) in [6.45, 7) is 8.84. The van der Waals surface area contributed by atoms with Crippen LogP contribution in [-0.4, -0.2) is 41.3 Å². The maximum absolute atomic E-state index is 13.4. The van der Waals surface area contributed by atoms with E-state index in [0.717, 1.165) is 24.2 Å². The van der Waals surface area contributed by atoms with Gasteiger partial charge in [0.25, 0.3) is 5.91 Å². The highest BCUT2D eigenvalue weighted by molar-refractivity contribution is 5.96. The lowest BCUT2D eigenvalue weighted by atomic mass is 10.1. The molecule has 7 heteroatoms. The Bertz CT molecular complexity index is 1140. The molecule has 0 N–H and O–H groups in total. The zero-order valence-corrected chi connectivity index (χ0v) is 20.9. The third-order valence-corrected chi connectivity index (χ3v) is 5.61. The highest BCUT2D eigenvalue weighted by atomic mass is 19.1. The Morgan fingerprint density at radius 3 is 2.33 bits per heavy atom. The van der Waals surface area contributed by atoms with Crippen LogP contribution in [0.3, 0.4) is 0 Å². The average molecular weight is 493 g/mol. The van der Waals surface area contributed by atoms with E-state index in [1.165, 1.54) is 17.0 Å². The molecular weight excluding hydrogens is 459 g/mol. The third-order valence-electron chi connectivity index (χ3n) is 5.61. The van der Waals surface area contributed by atoms with Crippen LogP contribution in [-0.2, 0) is 17.9 Å². The first-order valence-electron chi connectivity index (χ1n) is 12.1. The topological polar surface area (TPSA) is 63.0 Å². The van der Waals surface area contributed by atoms with Gasteiger partial charge in [0.05, 0.1) is 13.2 Å². The smallest absolute Gasteiger partial charge is 0.254 e. The van der Waals surface area contributed by atoms with Gasteiger partial charge in [-0.2, -0.15) is 0 Å². The van der Waals surface area contributed by atoms with Crippen molar-refractivity contribution in [2.75, 3.05) is 19.7 Å². The molecule has 190 valence electrons. The van der Waals surface area contributed by atoms with Crippen LogP contribution in [0.1, 0.15) is 47.2 Å². The van der Waals surface area contributed by atoms with Crippen LogP contribution in [0.4, 0.5) is 4.39 Å². The number of ether oxygens (including phenoxy) is 1. The van der Waals surface area contributed by atoms with Crippen molar-refractivity contribution in [2.24, 2.45) is 0 Å². The van der Waals surface area contributed by atoms with E-state index in [-0.39, 0.29) is 43.8 Å². The molecule has 0 bridgehead atoms. The van der Waals surface area contributed by atoms with Gasteiger partial charge >= 0.3 is 0 Å². The number of carbonyl (C=O) groups is 2. The Balaban J connectivity index is 1.74. The summed E-state index contributed by atoms with van der Waals surface area (Å²) in [6, 6.07) is 16.6. The second-order valence-corrected chi connectivity index (χ2v) is 8.59. The van der Waals surface area contributed by atoms with Gasteiger partial charge in [0, 0.05) is 18.7 Å². The number of rotatable bonds is 13. The number of hydrogen-bond donors (Lipinski definition) is 0. The first-order valence-corrected chi connectivity index (χ1v) is 12.1. The van der Waals surface area contributed by atoms with Crippen LogP contribution in [0.15, 0.2) is 77.7 Å². The summed E-state index contributed by atoms with van der Waals surface area (Å²) in [5.41, 5.74) is 1.23. The molecule has 2 aromatic carbocycles. The van der Waals surface area contributed by atoms with Gasteiger partial charge in [0.2, 0.25) is 5.91 Å². The number of furan rings is 1. The zero-order valence-electron chi connectivity index (χ0n) is 20.9. The summed E-state index contributed by atoms with van der Waals surface area (Å²) in [6.07, 6.45) is 3.59. The summed E-state index contributed by atoms with van der Waals surface area (Å²) in [7, 11) is 0. The Hall–Kier alpha value is -3.87. The molecule has 0 saturated carbocycles. The van der Waals surface area contributed by atoms with Crippen molar-refractivity contribution in [3.8, 4) is 5.75 Å². The first-order chi connectivity index (χ1) is 17.4. The van der Waals surface area contributed by atoms with Crippen molar-refractivity contribution in [1.29, 1.82) is 0 Å². The van der Waals surface area contributed by atoms with E-state index < -0.39 is 0 Å². The second kappa shape index (κ2) is 13.3. The molecule has 0 aliphatic rings. The Morgan fingerprint density at radius 1 is 1.00 bits per heavy atom. The van der Waals surface area contributed by atoms with Gasteiger partial charge in [-0.25, -0.2) is 4.39 Å². The molecule has 0 unspecified atom stereocenters. The van der Waals surface area contributed by atoms with E-state index in [4.69, 9.17) is 9.15 Å². The maximum Gasteiger partial charge on any atom is 0.254 e. The molecule has 6 nitrogen and oxygen atoms in total. The highest BCUT2D eigenvalue weighted by Crippen LogP contribution is 2.17. The predicted molar refractivity (Wildman–Crippen MR) is 137 cm³/mol. The molecule has 1 heterocycles. The SMILES string of the molecule is C=CCN(CC(=O)N(Cc1ccc(F)cc1)Cc1ccc(C)o1)C(=O)c1ccc(OCCCC)cc1. The van der Waals surface area contributed by atoms with E-state index in [1.54, 1.807) is 47.4 Å². The van der Waals surface area contributed by atoms with Gasteiger partial charge in [-0.3, -0.25) is 9.59 Å². The number of nitrogens with zero attached hydrogens (tertiary/aromatic N) is 2. The summed E-state index contributed by atoms with van der Waals surface area (Å²) < 4.78 is 24.7. The summed E-state index contributed by atoms with van der Waals surface area (Å²) in [5, 5.41) is 0. The van der Waals surface area contributed by atoms with Gasteiger partial charge in [0.15, 0.2) is 0 Å². The number of amides is 2. The van der Waals surface area contributed by atoms with Gasteiger partial charge in [-0.15, -0.1) is 6.58 Å². The molecule has 1 aromatic heterocycles. The van der Waals surface area contributed by atoms with Crippen molar-refractivity contribution in [3.05, 3.63) is 102 Å². The molecule has 0 aliphatic heterocycles. The van der Waals surface area contributed by atoms with Crippen LogP contribution in [0, 0.1) is 12.7 Å². The molecule has 0 radical (unpaired) electrons. The van der Waals surface area contributed by atoms with Crippen LogP contribution in [0.2, 0.25) is 0 Å². The molecule has 0 atom stereocenters. The first kappa shape index (κ1) is 26.7. The minimum atomic E-state index is -0.345. The van der Waals surface area contributed by atoms with Gasteiger partial charge in [-0.05, 0) is 67.4 Å². The average Bonchev–Trinajstić information content (AvgIpc) is 3.29. The van der Waals surface area contributed by atoms with Crippen molar-refractivity contribution in [2.45, 2.75) is 39.8 Å². The molecular formula is C29H33FN2O4.